The number of hydrogen-bond donors (Lipinski definition) is 1. The average Bonchev–Trinajstić information content (AvgIpc) is 3.39. The predicted molar refractivity (Wildman–Crippen MR) is 145 cm³/mol. The highest BCUT2D eigenvalue weighted by Gasteiger charge is 2.21. The Balaban J connectivity index is 1.67. The van der Waals surface area contributed by atoms with Crippen molar-refractivity contribution in [2.75, 3.05) is 46.6 Å². The molecule has 1 heterocycles. The molecule has 3 aromatic carbocycles. The van der Waals surface area contributed by atoms with Crippen LogP contribution in [0.2, 0.25) is 0 Å². The Morgan fingerprint density at radius 3 is 1.89 bits per heavy atom. The van der Waals surface area contributed by atoms with E-state index >= 15 is 0 Å². The predicted octanol–water partition coefficient (Wildman–Crippen LogP) is 4.71. The Bertz CT molecular complexity index is 1360. The van der Waals surface area contributed by atoms with Crippen LogP contribution in [0.25, 0.3) is 17.1 Å². The number of nitrogens with zero attached hydrogens (tertiary/aromatic N) is 3. The van der Waals surface area contributed by atoms with Crippen LogP contribution in [-0.2, 0) is 4.79 Å². The molecule has 0 saturated heterocycles. The van der Waals surface area contributed by atoms with Gasteiger partial charge in [-0.15, -0.1) is 10.2 Å². The number of thioether (sulfide) groups is 1. The van der Waals surface area contributed by atoms with E-state index in [0.29, 0.717) is 51.0 Å². The minimum absolute atomic E-state index is 0.121. The van der Waals surface area contributed by atoms with Crippen molar-refractivity contribution in [1.29, 1.82) is 0 Å². The smallest absolute Gasteiger partial charge is 0.234 e. The van der Waals surface area contributed by atoms with Crippen molar-refractivity contribution in [1.82, 2.24) is 14.8 Å². The molecular weight excluding hydrogens is 508 g/mol. The second-order valence-corrected chi connectivity index (χ2v) is 8.76. The third-order valence-corrected chi connectivity index (χ3v) is 6.52. The van der Waals surface area contributed by atoms with Crippen LogP contribution in [0.15, 0.2) is 65.8 Å². The number of carbonyl (C=O) groups excluding carboxylic acids is 1. The number of aromatic nitrogens is 3. The number of hydrogen-bond acceptors (Lipinski definition) is 9. The van der Waals surface area contributed by atoms with Crippen LogP contribution < -0.4 is 29.0 Å². The van der Waals surface area contributed by atoms with E-state index in [0.717, 1.165) is 5.69 Å². The topological polar surface area (TPSA) is 106 Å². The zero-order valence-electron chi connectivity index (χ0n) is 21.7. The number of ether oxygens (including phenoxy) is 5. The van der Waals surface area contributed by atoms with Crippen molar-refractivity contribution in [3.8, 4) is 45.8 Å². The highest BCUT2D eigenvalue weighted by atomic mass is 32.2. The van der Waals surface area contributed by atoms with Crippen LogP contribution in [-0.4, -0.2) is 62.0 Å². The van der Waals surface area contributed by atoms with E-state index in [1.54, 1.807) is 71.9 Å². The first-order chi connectivity index (χ1) is 18.5. The number of rotatable bonds is 11. The van der Waals surface area contributed by atoms with Gasteiger partial charge in [-0.05, 0) is 60.7 Å². The van der Waals surface area contributed by atoms with Crippen molar-refractivity contribution >= 4 is 23.4 Å². The maximum absolute atomic E-state index is 12.7. The summed E-state index contributed by atoms with van der Waals surface area (Å²) >= 11 is 1.26. The lowest BCUT2D eigenvalue weighted by Crippen LogP contribution is -2.14. The molecule has 4 aromatic rings. The van der Waals surface area contributed by atoms with Crippen LogP contribution in [0.5, 0.6) is 28.7 Å². The van der Waals surface area contributed by atoms with Gasteiger partial charge in [-0.25, -0.2) is 0 Å². The third-order valence-electron chi connectivity index (χ3n) is 5.59. The number of amides is 1. The highest BCUT2D eigenvalue weighted by molar-refractivity contribution is 7.99. The monoisotopic (exact) mass is 536 g/mol. The van der Waals surface area contributed by atoms with Crippen molar-refractivity contribution < 1.29 is 28.5 Å². The summed E-state index contributed by atoms with van der Waals surface area (Å²) in [7, 11) is 7.86. The second kappa shape index (κ2) is 12.2. The quantitative estimate of drug-likeness (QED) is 0.273. The molecule has 0 atom stereocenters. The molecule has 0 aliphatic carbocycles. The van der Waals surface area contributed by atoms with Crippen molar-refractivity contribution in [3.05, 3.63) is 60.7 Å². The summed E-state index contributed by atoms with van der Waals surface area (Å²) in [6.07, 6.45) is 0. The molecule has 1 aromatic heterocycles. The van der Waals surface area contributed by atoms with Crippen molar-refractivity contribution in [3.63, 3.8) is 0 Å². The van der Waals surface area contributed by atoms with Gasteiger partial charge in [0.15, 0.2) is 22.5 Å². The van der Waals surface area contributed by atoms with E-state index in [9.17, 15) is 4.79 Å². The number of carbonyl (C=O) groups is 1. The van der Waals surface area contributed by atoms with E-state index in [-0.39, 0.29) is 11.7 Å². The summed E-state index contributed by atoms with van der Waals surface area (Å²) in [5.41, 5.74) is 2.15. The Labute approximate surface area is 224 Å². The summed E-state index contributed by atoms with van der Waals surface area (Å²) in [5, 5.41) is 12.3. The van der Waals surface area contributed by atoms with Gasteiger partial charge >= 0.3 is 0 Å². The SMILES string of the molecule is COc1ccc(NC(=O)CSc2nnc(-c3cc(OC)c(OC)c(OC)c3)n2-c2ccc(OC)cc2)cc1. The molecular formula is C27H28N4O6S. The van der Waals surface area contributed by atoms with E-state index in [4.69, 9.17) is 23.7 Å². The maximum atomic E-state index is 12.7. The zero-order chi connectivity index (χ0) is 27.1. The first kappa shape index (κ1) is 26.7. The van der Waals surface area contributed by atoms with Gasteiger partial charge in [0.2, 0.25) is 11.7 Å². The van der Waals surface area contributed by atoms with E-state index in [2.05, 4.69) is 15.5 Å². The van der Waals surface area contributed by atoms with Crippen LogP contribution in [0.1, 0.15) is 0 Å². The van der Waals surface area contributed by atoms with Gasteiger partial charge in [0.25, 0.3) is 0 Å². The Morgan fingerprint density at radius 2 is 1.37 bits per heavy atom. The molecule has 38 heavy (non-hydrogen) atoms. The zero-order valence-corrected chi connectivity index (χ0v) is 22.5. The molecule has 0 saturated carbocycles. The van der Waals surface area contributed by atoms with Crippen molar-refractivity contribution in [2.24, 2.45) is 0 Å². The van der Waals surface area contributed by atoms with Crippen LogP contribution in [0.3, 0.4) is 0 Å². The lowest BCUT2D eigenvalue weighted by Gasteiger charge is -2.15. The molecule has 0 aliphatic rings. The number of benzene rings is 3. The van der Waals surface area contributed by atoms with E-state index < -0.39 is 0 Å². The molecule has 4 rings (SSSR count). The molecule has 1 amide bonds. The molecule has 0 radical (unpaired) electrons. The highest BCUT2D eigenvalue weighted by Crippen LogP contribution is 2.41. The fourth-order valence-corrected chi connectivity index (χ4v) is 4.48. The molecule has 0 bridgehead atoms. The second-order valence-electron chi connectivity index (χ2n) is 7.82. The van der Waals surface area contributed by atoms with E-state index in [1.165, 1.54) is 11.8 Å². The number of nitrogens with one attached hydrogen (secondary N) is 1. The van der Waals surface area contributed by atoms with Gasteiger partial charge in [0.05, 0.1) is 41.3 Å². The Hall–Kier alpha value is -4.38. The summed E-state index contributed by atoms with van der Waals surface area (Å²) in [5.74, 6) is 3.34. The lowest BCUT2D eigenvalue weighted by molar-refractivity contribution is -0.113. The largest absolute Gasteiger partial charge is 0.497 e. The van der Waals surface area contributed by atoms with Crippen LogP contribution in [0, 0.1) is 0 Å². The van der Waals surface area contributed by atoms with E-state index in [1.807, 2.05) is 28.8 Å². The maximum Gasteiger partial charge on any atom is 0.234 e. The minimum Gasteiger partial charge on any atom is -0.497 e. The molecule has 10 nitrogen and oxygen atoms in total. The first-order valence-electron chi connectivity index (χ1n) is 11.5. The number of anilines is 1. The van der Waals surface area contributed by atoms with Crippen molar-refractivity contribution in [2.45, 2.75) is 5.16 Å². The minimum atomic E-state index is -0.182. The van der Waals surface area contributed by atoms with Gasteiger partial charge in [0.1, 0.15) is 11.5 Å². The third kappa shape index (κ3) is 5.78. The molecule has 0 spiro atoms. The summed E-state index contributed by atoms with van der Waals surface area (Å²) in [4.78, 5) is 12.7. The molecule has 0 unspecified atom stereocenters. The summed E-state index contributed by atoms with van der Waals surface area (Å²) in [6.45, 7) is 0. The molecule has 198 valence electrons. The Kier molecular flexibility index (Phi) is 8.59. The lowest BCUT2D eigenvalue weighted by atomic mass is 10.1. The van der Waals surface area contributed by atoms with Gasteiger partial charge in [0, 0.05) is 16.9 Å². The number of methoxy groups -OCH3 is 5. The van der Waals surface area contributed by atoms with Crippen LogP contribution >= 0.6 is 11.8 Å². The summed E-state index contributed by atoms with van der Waals surface area (Å²) in [6, 6.07) is 18.2. The normalized spacial score (nSPS) is 10.6. The van der Waals surface area contributed by atoms with Crippen LogP contribution in [0.4, 0.5) is 5.69 Å². The van der Waals surface area contributed by atoms with Gasteiger partial charge in [-0.1, -0.05) is 11.8 Å². The van der Waals surface area contributed by atoms with Gasteiger partial charge < -0.3 is 29.0 Å². The fourth-order valence-electron chi connectivity index (χ4n) is 3.73. The molecule has 0 aliphatic heterocycles. The fraction of sp³-hybridized carbons (Fsp3) is 0.222. The first-order valence-corrected chi connectivity index (χ1v) is 12.5. The molecule has 11 heteroatoms. The van der Waals surface area contributed by atoms with Gasteiger partial charge in [-0.3, -0.25) is 9.36 Å². The van der Waals surface area contributed by atoms with Gasteiger partial charge in [-0.2, -0.15) is 0 Å². The Morgan fingerprint density at radius 1 is 0.789 bits per heavy atom. The average molecular weight is 537 g/mol. The molecule has 1 N–H and O–H groups in total. The summed E-state index contributed by atoms with van der Waals surface area (Å²) < 4.78 is 28.9. The standard InChI is InChI=1S/C27H28N4O6S/c1-33-20-10-6-18(7-11-20)28-24(32)16-38-27-30-29-26(31(27)19-8-12-21(34-2)13-9-19)17-14-22(35-3)25(37-5)23(15-17)36-4/h6-15H,16H2,1-5H3,(H,28,32). The molecule has 0 fully saturated rings.